The fourth-order valence-corrected chi connectivity index (χ4v) is 2.18. The molecule has 2 heteroatoms. The van der Waals surface area contributed by atoms with E-state index in [2.05, 4.69) is 24.3 Å². The molecule has 0 aliphatic rings. The molecule has 92 valence electrons. The molecule has 0 fully saturated rings. The van der Waals surface area contributed by atoms with Crippen molar-refractivity contribution in [3.05, 3.63) is 59.7 Å². The average molecular weight is 240 g/mol. The monoisotopic (exact) mass is 240 g/mol. The minimum atomic E-state index is -0.859. The molecule has 0 saturated heterocycles. The van der Waals surface area contributed by atoms with Gasteiger partial charge in [0.05, 0.1) is 0 Å². The van der Waals surface area contributed by atoms with Crippen molar-refractivity contribution in [2.45, 2.75) is 19.8 Å². The highest BCUT2D eigenvalue weighted by Gasteiger charge is 2.09. The van der Waals surface area contributed by atoms with E-state index in [9.17, 15) is 4.79 Å². The molecule has 1 unspecified atom stereocenters. The van der Waals surface area contributed by atoms with Crippen LogP contribution in [0.2, 0.25) is 0 Å². The lowest BCUT2D eigenvalue weighted by atomic mass is 9.93. The van der Waals surface area contributed by atoms with Crippen LogP contribution in [0.3, 0.4) is 0 Å². The van der Waals surface area contributed by atoms with Gasteiger partial charge < -0.3 is 5.11 Å². The van der Waals surface area contributed by atoms with Gasteiger partial charge in [-0.05, 0) is 23.3 Å². The maximum absolute atomic E-state index is 10.9. The first-order valence-corrected chi connectivity index (χ1v) is 5.99. The van der Waals surface area contributed by atoms with E-state index in [-0.39, 0.29) is 5.92 Å². The van der Waals surface area contributed by atoms with Crippen LogP contribution in [-0.4, -0.2) is 11.1 Å². The molecule has 2 nitrogen and oxygen atoms in total. The van der Waals surface area contributed by atoms with Crippen LogP contribution in [0.5, 0.6) is 0 Å². The molecule has 0 amide bonds. The topological polar surface area (TPSA) is 37.3 Å². The highest BCUT2D eigenvalue weighted by molar-refractivity contribution is 5.88. The molecule has 0 radical (unpaired) electrons. The minimum Gasteiger partial charge on any atom is -0.478 e. The van der Waals surface area contributed by atoms with Crippen LogP contribution in [0, 0.1) is 0 Å². The third-order valence-electron chi connectivity index (χ3n) is 3.15. The summed E-state index contributed by atoms with van der Waals surface area (Å²) in [5.74, 6) is -0.769. The van der Waals surface area contributed by atoms with Crippen molar-refractivity contribution in [2.75, 3.05) is 0 Å². The Balaban J connectivity index is 2.48. The van der Waals surface area contributed by atoms with Crippen LogP contribution < -0.4 is 0 Å². The van der Waals surface area contributed by atoms with Crippen molar-refractivity contribution >= 4 is 16.7 Å². The van der Waals surface area contributed by atoms with Gasteiger partial charge in [0.25, 0.3) is 0 Å². The Labute approximate surface area is 107 Å². The summed E-state index contributed by atoms with van der Waals surface area (Å²) in [7, 11) is 0. The second-order valence-corrected chi connectivity index (χ2v) is 4.51. The number of carboxylic acid groups (broad SMARTS) is 1. The Bertz CT molecular complexity index is 606. The summed E-state index contributed by atoms with van der Waals surface area (Å²) in [6.07, 6.45) is 1.80. The predicted molar refractivity (Wildman–Crippen MR) is 73.8 cm³/mol. The molecule has 0 aliphatic heterocycles. The number of fused-ring (bicyclic) bond motifs is 1. The van der Waals surface area contributed by atoms with Gasteiger partial charge in [-0.25, -0.2) is 4.79 Å². The van der Waals surface area contributed by atoms with Gasteiger partial charge in [-0.3, -0.25) is 0 Å². The third kappa shape index (κ3) is 2.43. The van der Waals surface area contributed by atoms with E-state index in [4.69, 9.17) is 5.11 Å². The van der Waals surface area contributed by atoms with Crippen molar-refractivity contribution in [3.63, 3.8) is 0 Å². The van der Waals surface area contributed by atoms with E-state index in [0.29, 0.717) is 5.57 Å². The van der Waals surface area contributed by atoms with Crippen molar-refractivity contribution in [3.8, 4) is 0 Å². The summed E-state index contributed by atoms with van der Waals surface area (Å²) >= 11 is 0. The Hall–Kier alpha value is -2.09. The second-order valence-electron chi connectivity index (χ2n) is 4.51. The highest BCUT2D eigenvalue weighted by Crippen LogP contribution is 2.27. The van der Waals surface area contributed by atoms with Crippen molar-refractivity contribution in [1.29, 1.82) is 0 Å². The molecule has 0 aliphatic carbocycles. The number of carboxylic acids is 1. The molecule has 0 heterocycles. The number of carbonyl (C=O) groups is 1. The summed E-state index contributed by atoms with van der Waals surface area (Å²) in [6, 6.07) is 14.3. The molecular formula is C16H16O2. The first-order valence-electron chi connectivity index (χ1n) is 5.99. The van der Waals surface area contributed by atoms with Crippen molar-refractivity contribution in [1.82, 2.24) is 0 Å². The minimum absolute atomic E-state index is 0.0900. The summed E-state index contributed by atoms with van der Waals surface area (Å²) in [5, 5.41) is 11.3. The Kier molecular flexibility index (Phi) is 3.47. The molecule has 0 spiro atoms. The standard InChI is InChI=1S/C16H16O2/c1-11(10-12(2)16(17)18)14-9-5-7-13-6-3-4-8-15(13)14/h3-11H,1-2H3,(H,17,18)/b12-10+. The first kappa shape index (κ1) is 12.4. The maximum atomic E-state index is 10.9. The van der Waals surface area contributed by atoms with Gasteiger partial charge in [0, 0.05) is 11.5 Å². The number of allylic oxidation sites excluding steroid dienone is 1. The van der Waals surface area contributed by atoms with Gasteiger partial charge in [0.15, 0.2) is 0 Å². The fraction of sp³-hybridized carbons (Fsp3) is 0.188. The zero-order valence-electron chi connectivity index (χ0n) is 10.6. The molecule has 2 rings (SSSR count). The number of hydrogen-bond donors (Lipinski definition) is 1. The van der Waals surface area contributed by atoms with Crippen LogP contribution in [0.1, 0.15) is 25.3 Å². The second kappa shape index (κ2) is 5.05. The summed E-state index contributed by atoms with van der Waals surface area (Å²) in [6.45, 7) is 3.65. The first-order chi connectivity index (χ1) is 8.59. The van der Waals surface area contributed by atoms with Crippen LogP contribution in [0.25, 0.3) is 10.8 Å². The van der Waals surface area contributed by atoms with Crippen LogP contribution in [0.4, 0.5) is 0 Å². The summed E-state index contributed by atoms with van der Waals surface area (Å²) in [4.78, 5) is 10.9. The smallest absolute Gasteiger partial charge is 0.330 e. The van der Waals surface area contributed by atoms with Gasteiger partial charge >= 0.3 is 5.97 Å². The molecule has 0 aromatic heterocycles. The summed E-state index contributed by atoms with van der Waals surface area (Å²) < 4.78 is 0. The number of hydrogen-bond acceptors (Lipinski definition) is 1. The zero-order valence-corrected chi connectivity index (χ0v) is 10.6. The van der Waals surface area contributed by atoms with Crippen LogP contribution >= 0.6 is 0 Å². The fourth-order valence-electron chi connectivity index (χ4n) is 2.18. The van der Waals surface area contributed by atoms with Crippen LogP contribution in [0.15, 0.2) is 54.1 Å². The lowest BCUT2D eigenvalue weighted by molar-refractivity contribution is -0.132. The van der Waals surface area contributed by atoms with Crippen LogP contribution in [-0.2, 0) is 4.79 Å². The predicted octanol–water partition coefficient (Wildman–Crippen LogP) is 3.97. The molecular weight excluding hydrogens is 224 g/mol. The Morgan fingerprint density at radius 1 is 1.17 bits per heavy atom. The third-order valence-corrected chi connectivity index (χ3v) is 3.15. The lowest BCUT2D eigenvalue weighted by Gasteiger charge is -2.11. The largest absolute Gasteiger partial charge is 0.478 e. The molecule has 1 atom stereocenters. The number of aliphatic carboxylic acids is 1. The van der Waals surface area contributed by atoms with E-state index in [1.807, 2.05) is 25.1 Å². The molecule has 0 bridgehead atoms. The molecule has 2 aromatic carbocycles. The highest BCUT2D eigenvalue weighted by atomic mass is 16.4. The van der Waals surface area contributed by atoms with Crippen molar-refractivity contribution in [2.24, 2.45) is 0 Å². The van der Waals surface area contributed by atoms with E-state index in [1.165, 1.54) is 10.8 Å². The van der Waals surface area contributed by atoms with E-state index < -0.39 is 5.97 Å². The SMILES string of the molecule is C/C(=C\C(C)c1cccc2ccccc12)C(=O)O. The lowest BCUT2D eigenvalue weighted by Crippen LogP contribution is -1.99. The van der Waals surface area contributed by atoms with Gasteiger partial charge in [0.1, 0.15) is 0 Å². The molecule has 0 saturated carbocycles. The number of rotatable bonds is 3. The normalized spacial score (nSPS) is 13.6. The van der Waals surface area contributed by atoms with E-state index in [0.717, 1.165) is 5.56 Å². The van der Waals surface area contributed by atoms with Gasteiger partial charge in [-0.15, -0.1) is 0 Å². The quantitative estimate of drug-likeness (QED) is 0.824. The molecule has 18 heavy (non-hydrogen) atoms. The van der Waals surface area contributed by atoms with E-state index >= 15 is 0 Å². The maximum Gasteiger partial charge on any atom is 0.330 e. The van der Waals surface area contributed by atoms with Gasteiger partial charge in [-0.1, -0.05) is 55.5 Å². The zero-order chi connectivity index (χ0) is 13.1. The number of benzene rings is 2. The molecule has 1 N–H and O–H groups in total. The van der Waals surface area contributed by atoms with E-state index in [1.54, 1.807) is 13.0 Å². The Morgan fingerprint density at radius 2 is 1.83 bits per heavy atom. The Morgan fingerprint density at radius 3 is 2.56 bits per heavy atom. The molecule has 2 aromatic rings. The van der Waals surface area contributed by atoms with Gasteiger partial charge in [0.2, 0.25) is 0 Å². The average Bonchev–Trinajstić information content (AvgIpc) is 2.37. The van der Waals surface area contributed by atoms with Gasteiger partial charge in [-0.2, -0.15) is 0 Å². The summed E-state index contributed by atoms with van der Waals surface area (Å²) in [5.41, 5.74) is 1.55. The van der Waals surface area contributed by atoms with Crippen molar-refractivity contribution < 1.29 is 9.90 Å².